The smallest absolute Gasteiger partial charge is 0.330 e. The maximum atomic E-state index is 11.8. The van der Waals surface area contributed by atoms with Gasteiger partial charge in [-0.1, -0.05) is 0 Å². The number of aromatic nitrogens is 2. The van der Waals surface area contributed by atoms with E-state index in [1.807, 2.05) is 52.1 Å². The van der Waals surface area contributed by atoms with Crippen LogP contribution in [0.1, 0.15) is 23.9 Å². The van der Waals surface area contributed by atoms with Gasteiger partial charge >= 0.3 is 5.97 Å². The number of carbonyl (C=O) groups excluding carboxylic acids is 1. The van der Waals surface area contributed by atoms with E-state index in [9.17, 15) is 4.79 Å². The van der Waals surface area contributed by atoms with Gasteiger partial charge in [-0.25, -0.2) is 4.79 Å². The normalized spacial score (nSPS) is 10.9. The second-order valence-electron chi connectivity index (χ2n) is 5.46. The van der Waals surface area contributed by atoms with E-state index in [1.165, 1.54) is 6.08 Å². The minimum absolute atomic E-state index is 0.182. The summed E-state index contributed by atoms with van der Waals surface area (Å²) in [6.07, 6.45) is 3.14. The van der Waals surface area contributed by atoms with Crippen LogP contribution in [0.4, 0.5) is 0 Å². The zero-order valence-electron chi connectivity index (χ0n) is 15.1. The average molecular weight is 344 g/mol. The molecule has 0 amide bonds. The summed E-state index contributed by atoms with van der Waals surface area (Å²) in [5, 5.41) is 4.30. The van der Waals surface area contributed by atoms with Crippen molar-refractivity contribution in [2.75, 3.05) is 19.8 Å². The standard InChI is InChI=1S/C19H24N2O4/c1-5-23-16-6-8-17(9-7-16)24-12-13-25-19(22)11-10-18-14(2)20-21(4)15(18)3/h6-11H,5,12-13H2,1-4H3/b11-10+. The van der Waals surface area contributed by atoms with Gasteiger partial charge in [0.2, 0.25) is 0 Å². The van der Waals surface area contributed by atoms with Gasteiger partial charge in [-0.15, -0.1) is 0 Å². The van der Waals surface area contributed by atoms with E-state index >= 15 is 0 Å². The van der Waals surface area contributed by atoms with E-state index in [0.717, 1.165) is 22.7 Å². The van der Waals surface area contributed by atoms with E-state index in [2.05, 4.69) is 5.10 Å². The molecule has 0 bridgehead atoms. The SMILES string of the molecule is CCOc1ccc(OCCOC(=O)/C=C/c2c(C)nn(C)c2C)cc1. The Kier molecular flexibility index (Phi) is 6.62. The van der Waals surface area contributed by atoms with Crippen LogP contribution in [0, 0.1) is 13.8 Å². The van der Waals surface area contributed by atoms with Crippen LogP contribution < -0.4 is 9.47 Å². The lowest BCUT2D eigenvalue weighted by molar-refractivity contribution is -0.138. The number of benzene rings is 1. The molecule has 0 aliphatic heterocycles. The highest BCUT2D eigenvalue weighted by Crippen LogP contribution is 2.17. The number of rotatable bonds is 8. The third-order valence-corrected chi connectivity index (χ3v) is 3.68. The predicted molar refractivity (Wildman–Crippen MR) is 95.8 cm³/mol. The first-order chi connectivity index (χ1) is 12.0. The molecule has 0 spiro atoms. The summed E-state index contributed by atoms with van der Waals surface area (Å²) in [4.78, 5) is 11.8. The Morgan fingerprint density at radius 3 is 2.32 bits per heavy atom. The fourth-order valence-corrected chi connectivity index (χ4v) is 2.33. The van der Waals surface area contributed by atoms with Crippen molar-refractivity contribution in [2.45, 2.75) is 20.8 Å². The third-order valence-electron chi connectivity index (χ3n) is 3.68. The molecular weight excluding hydrogens is 320 g/mol. The summed E-state index contributed by atoms with van der Waals surface area (Å²) < 4.78 is 17.8. The van der Waals surface area contributed by atoms with E-state index in [0.29, 0.717) is 19.0 Å². The van der Waals surface area contributed by atoms with Crippen LogP contribution in [0.3, 0.4) is 0 Å². The molecule has 1 aromatic carbocycles. The Morgan fingerprint density at radius 2 is 1.76 bits per heavy atom. The number of hydrogen-bond donors (Lipinski definition) is 0. The van der Waals surface area contributed by atoms with E-state index in [-0.39, 0.29) is 6.61 Å². The maximum absolute atomic E-state index is 11.8. The molecule has 2 rings (SSSR count). The fraction of sp³-hybridized carbons (Fsp3) is 0.368. The molecule has 0 radical (unpaired) electrons. The van der Waals surface area contributed by atoms with Crippen molar-refractivity contribution in [3.8, 4) is 11.5 Å². The molecule has 0 aliphatic carbocycles. The molecule has 2 aromatic rings. The molecule has 25 heavy (non-hydrogen) atoms. The lowest BCUT2D eigenvalue weighted by Crippen LogP contribution is -2.10. The number of nitrogens with zero attached hydrogens (tertiary/aromatic N) is 2. The maximum Gasteiger partial charge on any atom is 0.330 e. The molecule has 134 valence electrons. The second kappa shape index (κ2) is 8.92. The van der Waals surface area contributed by atoms with Gasteiger partial charge in [0.15, 0.2) is 0 Å². The van der Waals surface area contributed by atoms with Crippen molar-refractivity contribution >= 4 is 12.0 Å². The van der Waals surface area contributed by atoms with Crippen LogP contribution in [-0.4, -0.2) is 35.6 Å². The van der Waals surface area contributed by atoms with Gasteiger partial charge in [-0.05, 0) is 51.1 Å². The summed E-state index contributed by atoms with van der Waals surface area (Å²) in [6, 6.07) is 7.32. The lowest BCUT2D eigenvalue weighted by atomic mass is 10.2. The fourth-order valence-electron chi connectivity index (χ4n) is 2.33. The number of esters is 1. The van der Waals surface area contributed by atoms with Crippen molar-refractivity contribution in [1.29, 1.82) is 0 Å². The second-order valence-corrected chi connectivity index (χ2v) is 5.46. The lowest BCUT2D eigenvalue weighted by Gasteiger charge is -2.07. The molecule has 6 heteroatoms. The summed E-state index contributed by atoms with van der Waals surface area (Å²) in [5.74, 6) is 1.10. The van der Waals surface area contributed by atoms with E-state index in [4.69, 9.17) is 14.2 Å². The summed E-state index contributed by atoms with van der Waals surface area (Å²) in [5.41, 5.74) is 2.81. The van der Waals surface area contributed by atoms with Crippen molar-refractivity contribution in [3.05, 3.63) is 47.3 Å². The van der Waals surface area contributed by atoms with Gasteiger partial charge in [0, 0.05) is 24.4 Å². The molecule has 0 atom stereocenters. The van der Waals surface area contributed by atoms with Gasteiger partial charge in [0.05, 0.1) is 12.3 Å². The average Bonchev–Trinajstić information content (AvgIpc) is 2.84. The summed E-state index contributed by atoms with van der Waals surface area (Å²) in [6.45, 7) is 6.89. The van der Waals surface area contributed by atoms with Gasteiger partial charge in [-0.2, -0.15) is 5.10 Å². The van der Waals surface area contributed by atoms with Crippen LogP contribution in [0.2, 0.25) is 0 Å². The molecule has 6 nitrogen and oxygen atoms in total. The van der Waals surface area contributed by atoms with E-state index < -0.39 is 5.97 Å². The van der Waals surface area contributed by atoms with Crippen molar-refractivity contribution < 1.29 is 19.0 Å². The highest BCUT2D eigenvalue weighted by molar-refractivity contribution is 5.87. The summed E-state index contributed by atoms with van der Waals surface area (Å²) in [7, 11) is 1.87. The molecule has 0 aliphatic rings. The highest BCUT2D eigenvalue weighted by atomic mass is 16.6. The topological polar surface area (TPSA) is 62.6 Å². The number of ether oxygens (including phenoxy) is 3. The van der Waals surface area contributed by atoms with Gasteiger partial charge < -0.3 is 14.2 Å². The molecular formula is C19H24N2O4. The van der Waals surface area contributed by atoms with Gasteiger partial charge in [0.25, 0.3) is 0 Å². The third kappa shape index (κ3) is 5.38. The quantitative estimate of drug-likeness (QED) is 0.418. The molecule has 1 heterocycles. The molecule has 0 fully saturated rings. The minimum Gasteiger partial charge on any atom is -0.494 e. The Labute approximate surface area is 148 Å². The Hall–Kier alpha value is -2.76. The predicted octanol–water partition coefficient (Wildman–Crippen LogP) is 3.07. The number of hydrogen-bond acceptors (Lipinski definition) is 5. The summed E-state index contributed by atoms with van der Waals surface area (Å²) >= 11 is 0. The van der Waals surface area contributed by atoms with Gasteiger partial charge in [-0.3, -0.25) is 4.68 Å². The van der Waals surface area contributed by atoms with Gasteiger partial charge in [0.1, 0.15) is 24.7 Å². The first-order valence-corrected chi connectivity index (χ1v) is 8.22. The van der Waals surface area contributed by atoms with Crippen LogP contribution in [0.5, 0.6) is 11.5 Å². The van der Waals surface area contributed by atoms with Crippen LogP contribution in [-0.2, 0) is 16.6 Å². The molecule has 0 unspecified atom stereocenters. The van der Waals surface area contributed by atoms with Crippen molar-refractivity contribution in [1.82, 2.24) is 9.78 Å². The highest BCUT2D eigenvalue weighted by Gasteiger charge is 2.07. The zero-order valence-corrected chi connectivity index (χ0v) is 15.1. The van der Waals surface area contributed by atoms with Crippen LogP contribution in [0.15, 0.2) is 30.3 Å². The van der Waals surface area contributed by atoms with Crippen LogP contribution in [0.25, 0.3) is 6.08 Å². The molecule has 1 aromatic heterocycles. The Bertz CT molecular complexity index is 733. The van der Waals surface area contributed by atoms with Crippen LogP contribution >= 0.6 is 0 Å². The minimum atomic E-state index is -0.405. The van der Waals surface area contributed by atoms with Crippen molar-refractivity contribution in [3.63, 3.8) is 0 Å². The molecule has 0 saturated heterocycles. The van der Waals surface area contributed by atoms with Crippen molar-refractivity contribution in [2.24, 2.45) is 7.05 Å². The monoisotopic (exact) mass is 344 g/mol. The largest absolute Gasteiger partial charge is 0.494 e. The zero-order chi connectivity index (χ0) is 18.2. The number of aryl methyl sites for hydroxylation is 2. The number of carbonyl (C=O) groups is 1. The Morgan fingerprint density at radius 1 is 1.12 bits per heavy atom. The molecule has 0 saturated carbocycles. The first kappa shape index (κ1) is 18.6. The first-order valence-electron chi connectivity index (χ1n) is 8.22. The Balaban J connectivity index is 1.74. The van der Waals surface area contributed by atoms with E-state index in [1.54, 1.807) is 10.8 Å². The molecule has 0 N–H and O–H groups in total.